The van der Waals surface area contributed by atoms with E-state index < -0.39 is 0 Å². The molecule has 1 amide bonds. The molecule has 0 aliphatic rings. The molecule has 2 rings (SSSR count). The fraction of sp³-hybridized carbons (Fsp3) is 0.316. The fourth-order valence-corrected chi connectivity index (χ4v) is 2.44. The van der Waals surface area contributed by atoms with Crippen LogP contribution in [0.25, 0.3) is 0 Å². The molecule has 0 spiro atoms. The minimum atomic E-state index is -0.362. The molecule has 0 aromatic heterocycles. The first kappa shape index (κ1) is 18.9. The Morgan fingerprint density at radius 3 is 2.68 bits per heavy atom. The van der Waals surface area contributed by atoms with E-state index in [-0.39, 0.29) is 11.7 Å². The van der Waals surface area contributed by atoms with Gasteiger partial charge in [-0.05, 0) is 36.6 Å². The zero-order valence-corrected chi connectivity index (χ0v) is 15.3. The Labute approximate surface area is 152 Å². The molecule has 0 saturated heterocycles. The Kier molecular flexibility index (Phi) is 6.53. The summed E-state index contributed by atoms with van der Waals surface area (Å²) in [4.78, 5) is 12.4. The molecule has 0 saturated carbocycles. The van der Waals surface area contributed by atoms with E-state index in [1.807, 2.05) is 0 Å². The molecule has 5 nitrogen and oxygen atoms in total. The summed E-state index contributed by atoms with van der Waals surface area (Å²) in [6.07, 6.45) is 0.888. The smallest absolute Gasteiger partial charge is 0.255 e. The van der Waals surface area contributed by atoms with E-state index in [0.717, 1.165) is 6.42 Å². The number of phenols is 1. The second kappa shape index (κ2) is 8.62. The van der Waals surface area contributed by atoms with Gasteiger partial charge in [0, 0.05) is 17.3 Å². The van der Waals surface area contributed by atoms with E-state index in [2.05, 4.69) is 19.2 Å². The predicted molar refractivity (Wildman–Crippen MR) is 99.0 cm³/mol. The minimum absolute atomic E-state index is 0.0716. The standard InChI is InChI=1S/C19H22ClNO4/c1-12(2)7-8-25-18-16(20)9-13(10-17(18)24-3)19(23)21-14-5-4-6-15(22)11-14/h4-6,9-12,22H,7-8H2,1-3H3,(H,21,23). The lowest BCUT2D eigenvalue weighted by molar-refractivity contribution is 0.102. The van der Waals surface area contributed by atoms with Gasteiger partial charge in [-0.3, -0.25) is 4.79 Å². The van der Waals surface area contributed by atoms with Crippen LogP contribution in [0.15, 0.2) is 36.4 Å². The highest BCUT2D eigenvalue weighted by molar-refractivity contribution is 6.32. The number of halogens is 1. The molecule has 25 heavy (non-hydrogen) atoms. The SMILES string of the molecule is COc1cc(C(=O)Nc2cccc(O)c2)cc(Cl)c1OCCC(C)C. The maximum absolute atomic E-state index is 12.4. The van der Waals surface area contributed by atoms with E-state index in [1.165, 1.54) is 25.3 Å². The normalized spacial score (nSPS) is 10.6. The molecule has 0 unspecified atom stereocenters. The van der Waals surface area contributed by atoms with Crippen LogP contribution in [-0.2, 0) is 0 Å². The van der Waals surface area contributed by atoms with Crippen LogP contribution < -0.4 is 14.8 Å². The van der Waals surface area contributed by atoms with Crippen LogP contribution in [0.4, 0.5) is 5.69 Å². The van der Waals surface area contributed by atoms with Crippen molar-refractivity contribution in [1.29, 1.82) is 0 Å². The van der Waals surface area contributed by atoms with Crippen LogP contribution in [0.3, 0.4) is 0 Å². The van der Waals surface area contributed by atoms with Crippen molar-refractivity contribution in [3.8, 4) is 17.2 Å². The first-order chi connectivity index (χ1) is 11.9. The average molecular weight is 364 g/mol. The number of rotatable bonds is 7. The van der Waals surface area contributed by atoms with E-state index in [9.17, 15) is 9.90 Å². The molecule has 2 aromatic rings. The average Bonchev–Trinajstić information content (AvgIpc) is 2.55. The number of nitrogens with one attached hydrogen (secondary N) is 1. The molecule has 0 aliphatic carbocycles. The van der Waals surface area contributed by atoms with Crippen molar-refractivity contribution in [2.45, 2.75) is 20.3 Å². The van der Waals surface area contributed by atoms with Crippen molar-refractivity contribution in [2.75, 3.05) is 19.0 Å². The van der Waals surface area contributed by atoms with Crippen molar-refractivity contribution >= 4 is 23.2 Å². The zero-order chi connectivity index (χ0) is 18.4. The third-order valence-electron chi connectivity index (χ3n) is 3.54. The number of phenolic OH excluding ortho intramolecular Hbond substituents is 1. The number of aromatic hydroxyl groups is 1. The van der Waals surface area contributed by atoms with Gasteiger partial charge >= 0.3 is 0 Å². The fourth-order valence-electron chi connectivity index (χ4n) is 2.17. The van der Waals surface area contributed by atoms with Crippen LogP contribution in [0.2, 0.25) is 5.02 Å². The minimum Gasteiger partial charge on any atom is -0.508 e. The van der Waals surface area contributed by atoms with Crippen molar-refractivity contribution < 1.29 is 19.4 Å². The Bertz CT molecular complexity index is 746. The van der Waals surface area contributed by atoms with Crippen LogP contribution in [0.1, 0.15) is 30.6 Å². The molecule has 0 heterocycles. The Morgan fingerprint density at radius 1 is 1.28 bits per heavy atom. The quantitative estimate of drug-likeness (QED) is 0.746. The van der Waals surface area contributed by atoms with Crippen LogP contribution >= 0.6 is 11.6 Å². The van der Waals surface area contributed by atoms with Gasteiger partial charge in [-0.15, -0.1) is 0 Å². The molecule has 6 heteroatoms. The maximum atomic E-state index is 12.4. The van der Waals surface area contributed by atoms with E-state index in [0.29, 0.717) is 40.3 Å². The van der Waals surface area contributed by atoms with Gasteiger partial charge in [0.2, 0.25) is 0 Å². The summed E-state index contributed by atoms with van der Waals surface area (Å²) >= 11 is 6.28. The number of ether oxygens (including phenoxy) is 2. The topological polar surface area (TPSA) is 67.8 Å². The van der Waals surface area contributed by atoms with E-state index in [4.69, 9.17) is 21.1 Å². The van der Waals surface area contributed by atoms with Gasteiger partial charge in [-0.1, -0.05) is 31.5 Å². The predicted octanol–water partition coefficient (Wildman–Crippen LogP) is 4.73. The third kappa shape index (κ3) is 5.29. The van der Waals surface area contributed by atoms with E-state index >= 15 is 0 Å². The number of carbonyl (C=O) groups is 1. The second-order valence-corrected chi connectivity index (χ2v) is 6.43. The molecule has 0 aliphatic heterocycles. The molecular weight excluding hydrogens is 342 g/mol. The third-order valence-corrected chi connectivity index (χ3v) is 3.82. The summed E-state index contributed by atoms with van der Waals surface area (Å²) in [6.45, 7) is 4.73. The van der Waals surface area contributed by atoms with Gasteiger partial charge in [0.05, 0.1) is 18.7 Å². The number of methoxy groups -OCH3 is 1. The summed E-state index contributed by atoms with van der Waals surface area (Å²) < 4.78 is 11.0. The largest absolute Gasteiger partial charge is 0.508 e. The van der Waals surface area contributed by atoms with Gasteiger partial charge < -0.3 is 19.9 Å². The van der Waals surface area contributed by atoms with Gasteiger partial charge in [-0.25, -0.2) is 0 Å². The lowest BCUT2D eigenvalue weighted by atomic mass is 10.1. The first-order valence-electron chi connectivity index (χ1n) is 8.01. The molecule has 0 fully saturated rings. The maximum Gasteiger partial charge on any atom is 0.255 e. The number of benzene rings is 2. The van der Waals surface area contributed by atoms with Crippen LogP contribution in [0.5, 0.6) is 17.2 Å². The zero-order valence-electron chi connectivity index (χ0n) is 14.5. The highest BCUT2D eigenvalue weighted by atomic mass is 35.5. The molecule has 0 radical (unpaired) electrons. The number of anilines is 1. The highest BCUT2D eigenvalue weighted by Crippen LogP contribution is 2.37. The number of hydrogen-bond acceptors (Lipinski definition) is 4. The molecular formula is C19H22ClNO4. The van der Waals surface area contributed by atoms with Crippen LogP contribution in [-0.4, -0.2) is 24.7 Å². The number of amides is 1. The summed E-state index contributed by atoms with van der Waals surface area (Å²) in [6, 6.07) is 9.42. The monoisotopic (exact) mass is 363 g/mol. The van der Waals surface area contributed by atoms with Crippen molar-refractivity contribution in [2.24, 2.45) is 5.92 Å². The van der Waals surface area contributed by atoms with Gasteiger partial charge in [0.15, 0.2) is 11.5 Å². The highest BCUT2D eigenvalue weighted by Gasteiger charge is 2.16. The molecule has 2 N–H and O–H groups in total. The lowest BCUT2D eigenvalue weighted by Crippen LogP contribution is -2.12. The molecule has 0 atom stereocenters. The molecule has 2 aromatic carbocycles. The summed E-state index contributed by atoms with van der Waals surface area (Å²) in [5.74, 6) is 1.05. The van der Waals surface area contributed by atoms with Crippen molar-refractivity contribution in [3.05, 3.63) is 47.0 Å². The van der Waals surface area contributed by atoms with Crippen LogP contribution in [0, 0.1) is 5.92 Å². The van der Waals surface area contributed by atoms with Gasteiger partial charge in [0.25, 0.3) is 5.91 Å². The lowest BCUT2D eigenvalue weighted by Gasteiger charge is -2.15. The first-order valence-corrected chi connectivity index (χ1v) is 8.39. The second-order valence-electron chi connectivity index (χ2n) is 6.02. The summed E-state index contributed by atoms with van der Waals surface area (Å²) in [7, 11) is 1.50. The Balaban J connectivity index is 2.18. The van der Waals surface area contributed by atoms with E-state index in [1.54, 1.807) is 18.2 Å². The summed E-state index contributed by atoms with van der Waals surface area (Å²) in [5.41, 5.74) is 0.818. The van der Waals surface area contributed by atoms with Crippen molar-refractivity contribution in [3.63, 3.8) is 0 Å². The van der Waals surface area contributed by atoms with Gasteiger partial charge in [0.1, 0.15) is 5.75 Å². The number of hydrogen-bond donors (Lipinski definition) is 2. The van der Waals surface area contributed by atoms with Gasteiger partial charge in [-0.2, -0.15) is 0 Å². The summed E-state index contributed by atoms with van der Waals surface area (Å²) in [5, 5.41) is 12.5. The Hall–Kier alpha value is -2.40. The molecule has 0 bridgehead atoms. The Morgan fingerprint density at radius 2 is 2.04 bits per heavy atom. The number of carbonyl (C=O) groups excluding carboxylic acids is 1. The van der Waals surface area contributed by atoms with Crippen molar-refractivity contribution in [1.82, 2.24) is 0 Å². The molecule has 134 valence electrons.